The first-order valence-electron chi connectivity index (χ1n) is 5.18. The van der Waals surface area contributed by atoms with Crippen LogP contribution in [-0.2, 0) is 4.74 Å². The van der Waals surface area contributed by atoms with Crippen molar-refractivity contribution in [2.45, 2.75) is 6.42 Å². The van der Waals surface area contributed by atoms with Gasteiger partial charge in [0.15, 0.2) is 0 Å². The van der Waals surface area contributed by atoms with Crippen LogP contribution < -0.4 is 11.1 Å². The van der Waals surface area contributed by atoms with E-state index in [-0.39, 0.29) is 17.2 Å². The van der Waals surface area contributed by atoms with Crippen molar-refractivity contribution in [1.29, 1.82) is 0 Å². The molecule has 0 unspecified atom stereocenters. The van der Waals surface area contributed by atoms with Crippen LogP contribution in [0, 0.1) is 0 Å². The van der Waals surface area contributed by atoms with Crippen LogP contribution in [0.15, 0.2) is 18.3 Å². The van der Waals surface area contributed by atoms with E-state index in [9.17, 15) is 9.59 Å². The molecule has 0 fully saturated rings. The zero-order valence-corrected chi connectivity index (χ0v) is 9.60. The van der Waals surface area contributed by atoms with Gasteiger partial charge in [-0.3, -0.25) is 14.6 Å². The van der Waals surface area contributed by atoms with Crippen molar-refractivity contribution < 1.29 is 14.3 Å². The third-order valence-corrected chi connectivity index (χ3v) is 2.09. The van der Waals surface area contributed by atoms with Crippen LogP contribution >= 0.6 is 0 Å². The first-order chi connectivity index (χ1) is 8.15. The number of hydrogen-bond donors (Lipinski definition) is 2. The second kappa shape index (κ2) is 6.59. The molecule has 2 amide bonds. The SMILES string of the molecule is COCCCNC(=O)c1cc(C(N)=O)ccn1. The molecule has 0 aliphatic rings. The van der Waals surface area contributed by atoms with Crippen molar-refractivity contribution in [3.63, 3.8) is 0 Å². The molecule has 1 aromatic heterocycles. The quantitative estimate of drug-likeness (QED) is 0.678. The Kier molecular flexibility index (Phi) is 5.09. The maximum Gasteiger partial charge on any atom is 0.269 e. The van der Waals surface area contributed by atoms with E-state index < -0.39 is 5.91 Å². The fourth-order valence-electron chi connectivity index (χ4n) is 1.22. The van der Waals surface area contributed by atoms with Gasteiger partial charge in [-0.15, -0.1) is 0 Å². The standard InChI is InChI=1S/C11H15N3O3/c1-17-6-2-4-14-11(16)9-7-8(10(12)15)3-5-13-9/h3,5,7H,2,4,6H2,1H3,(H2,12,15)(H,14,16). The van der Waals surface area contributed by atoms with Gasteiger partial charge in [-0.25, -0.2) is 0 Å². The molecule has 92 valence electrons. The Morgan fingerprint density at radius 3 is 2.94 bits per heavy atom. The molecule has 0 aromatic carbocycles. The molecule has 0 atom stereocenters. The van der Waals surface area contributed by atoms with Gasteiger partial charge < -0.3 is 15.8 Å². The molecule has 6 heteroatoms. The maximum absolute atomic E-state index is 11.6. The van der Waals surface area contributed by atoms with Crippen LogP contribution in [0.1, 0.15) is 27.3 Å². The molecule has 0 aliphatic heterocycles. The number of pyridine rings is 1. The second-order valence-electron chi connectivity index (χ2n) is 3.40. The molecule has 6 nitrogen and oxygen atoms in total. The molecular weight excluding hydrogens is 222 g/mol. The summed E-state index contributed by atoms with van der Waals surface area (Å²) < 4.78 is 4.85. The first-order valence-corrected chi connectivity index (χ1v) is 5.18. The normalized spacial score (nSPS) is 9.94. The summed E-state index contributed by atoms with van der Waals surface area (Å²) >= 11 is 0. The number of nitrogens with zero attached hydrogens (tertiary/aromatic N) is 1. The van der Waals surface area contributed by atoms with Crippen LogP contribution in [0.3, 0.4) is 0 Å². The van der Waals surface area contributed by atoms with Crippen LogP contribution in [-0.4, -0.2) is 37.1 Å². The first kappa shape index (κ1) is 13.1. The minimum absolute atomic E-state index is 0.179. The number of hydrogen-bond acceptors (Lipinski definition) is 4. The molecule has 0 saturated carbocycles. The Morgan fingerprint density at radius 1 is 1.53 bits per heavy atom. The largest absolute Gasteiger partial charge is 0.385 e. The highest BCUT2D eigenvalue weighted by atomic mass is 16.5. The summed E-state index contributed by atoms with van der Waals surface area (Å²) in [5.41, 5.74) is 5.55. The van der Waals surface area contributed by atoms with Gasteiger partial charge in [0.1, 0.15) is 5.69 Å². The van der Waals surface area contributed by atoms with Crippen molar-refractivity contribution in [3.8, 4) is 0 Å². The minimum atomic E-state index is -0.583. The average molecular weight is 237 g/mol. The number of primary amides is 1. The number of carbonyl (C=O) groups excluding carboxylic acids is 2. The van der Waals surface area contributed by atoms with Crippen molar-refractivity contribution in [2.75, 3.05) is 20.3 Å². The van der Waals surface area contributed by atoms with Gasteiger partial charge in [-0.05, 0) is 18.6 Å². The van der Waals surface area contributed by atoms with Gasteiger partial charge in [-0.2, -0.15) is 0 Å². The van der Waals surface area contributed by atoms with Gasteiger partial charge in [0.05, 0.1) is 0 Å². The Labute approximate surface area is 99.2 Å². The van der Waals surface area contributed by atoms with Gasteiger partial charge in [0, 0.05) is 32.0 Å². The number of amides is 2. The Bertz CT molecular complexity index is 407. The molecule has 1 heterocycles. The van der Waals surface area contributed by atoms with E-state index in [1.54, 1.807) is 7.11 Å². The zero-order chi connectivity index (χ0) is 12.7. The van der Waals surface area contributed by atoms with Gasteiger partial charge >= 0.3 is 0 Å². The lowest BCUT2D eigenvalue weighted by Gasteiger charge is -2.04. The Morgan fingerprint density at radius 2 is 2.29 bits per heavy atom. The Hall–Kier alpha value is -1.95. The van der Waals surface area contributed by atoms with E-state index in [2.05, 4.69) is 10.3 Å². The molecule has 0 bridgehead atoms. The molecule has 1 aromatic rings. The third kappa shape index (κ3) is 4.20. The van der Waals surface area contributed by atoms with Crippen molar-refractivity contribution in [3.05, 3.63) is 29.6 Å². The molecule has 0 radical (unpaired) electrons. The van der Waals surface area contributed by atoms with Crippen LogP contribution in [0.4, 0.5) is 0 Å². The number of carbonyl (C=O) groups is 2. The summed E-state index contributed by atoms with van der Waals surface area (Å²) in [6, 6.07) is 2.83. The lowest BCUT2D eigenvalue weighted by Crippen LogP contribution is -2.26. The van der Waals surface area contributed by atoms with E-state index in [1.165, 1.54) is 18.3 Å². The molecule has 0 spiro atoms. The molecule has 3 N–H and O–H groups in total. The Balaban J connectivity index is 2.56. The number of nitrogens with one attached hydrogen (secondary N) is 1. The molecule has 17 heavy (non-hydrogen) atoms. The highest BCUT2D eigenvalue weighted by Gasteiger charge is 2.09. The monoisotopic (exact) mass is 237 g/mol. The summed E-state index contributed by atoms with van der Waals surface area (Å²) in [6.45, 7) is 1.07. The lowest BCUT2D eigenvalue weighted by molar-refractivity contribution is 0.0943. The number of aromatic nitrogens is 1. The van der Waals surface area contributed by atoms with Crippen molar-refractivity contribution >= 4 is 11.8 Å². The molecule has 0 saturated heterocycles. The molecule has 0 aliphatic carbocycles. The average Bonchev–Trinajstić information content (AvgIpc) is 2.34. The smallest absolute Gasteiger partial charge is 0.269 e. The summed E-state index contributed by atoms with van der Waals surface area (Å²) in [5, 5.41) is 2.67. The van der Waals surface area contributed by atoms with E-state index in [4.69, 9.17) is 10.5 Å². The predicted octanol–water partition coefficient (Wildman–Crippen LogP) is -0.0532. The van der Waals surface area contributed by atoms with Gasteiger partial charge in [0.25, 0.3) is 5.91 Å². The second-order valence-corrected chi connectivity index (χ2v) is 3.40. The summed E-state index contributed by atoms with van der Waals surface area (Å²) in [7, 11) is 1.60. The maximum atomic E-state index is 11.6. The van der Waals surface area contributed by atoms with E-state index in [0.29, 0.717) is 13.2 Å². The van der Waals surface area contributed by atoms with Gasteiger partial charge in [-0.1, -0.05) is 0 Å². The third-order valence-electron chi connectivity index (χ3n) is 2.09. The van der Waals surface area contributed by atoms with E-state index >= 15 is 0 Å². The predicted molar refractivity (Wildman–Crippen MR) is 61.6 cm³/mol. The topological polar surface area (TPSA) is 94.3 Å². The van der Waals surface area contributed by atoms with Gasteiger partial charge in [0.2, 0.25) is 5.91 Å². The fraction of sp³-hybridized carbons (Fsp3) is 0.364. The fourth-order valence-corrected chi connectivity index (χ4v) is 1.22. The van der Waals surface area contributed by atoms with Crippen molar-refractivity contribution in [2.24, 2.45) is 5.73 Å². The summed E-state index contributed by atoms with van der Waals surface area (Å²) in [5.74, 6) is -0.912. The minimum Gasteiger partial charge on any atom is -0.385 e. The van der Waals surface area contributed by atoms with Crippen LogP contribution in [0.2, 0.25) is 0 Å². The van der Waals surface area contributed by atoms with Crippen molar-refractivity contribution in [1.82, 2.24) is 10.3 Å². The molecule has 1 rings (SSSR count). The van der Waals surface area contributed by atoms with Crippen LogP contribution in [0.5, 0.6) is 0 Å². The number of ether oxygens (including phenoxy) is 1. The lowest BCUT2D eigenvalue weighted by atomic mass is 10.2. The highest BCUT2D eigenvalue weighted by Crippen LogP contribution is 2.00. The highest BCUT2D eigenvalue weighted by molar-refractivity contribution is 5.97. The van der Waals surface area contributed by atoms with Crippen LogP contribution in [0.25, 0.3) is 0 Å². The molecular formula is C11H15N3O3. The number of nitrogens with two attached hydrogens (primary N) is 1. The van der Waals surface area contributed by atoms with E-state index in [1.807, 2.05) is 0 Å². The number of rotatable bonds is 6. The summed E-state index contributed by atoms with van der Waals surface area (Å²) in [4.78, 5) is 26.4. The zero-order valence-electron chi connectivity index (χ0n) is 9.60. The number of methoxy groups -OCH3 is 1. The summed E-state index contributed by atoms with van der Waals surface area (Å²) in [6.07, 6.45) is 2.10. The van der Waals surface area contributed by atoms with E-state index in [0.717, 1.165) is 6.42 Å².